The Morgan fingerprint density at radius 1 is 1.19 bits per heavy atom. The van der Waals surface area contributed by atoms with E-state index in [1.54, 1.807) is 6.20 Å². The van der Waals surface area contributed by atoms with E-state index in [1.807, 2.05) is 32.3 Å². The summed E-state index contributed by atoms with van der Waals surface area (Å²) in [7, 11) is 0. The maximum atomic E-state index is 4.32. The van der Waals surface area contributed by atoms with Gasteiger partial charge in [-0.15, -0.1) is 0 Å². The topological polar surface area (TPSA) is 25.8 Å². The highest BCUT2D eigenvalue weighted by Gasteiger charge is 2.07. The largest absolute Gasteiger partial charge is 0.264 e. The third kappa shape index (κ3) is 2.57. The van der Waals surface area contributed by atoms with E-state index in [1.165, 1.54) is 10.9 Å². The van der Waals surface area contributed by atoms with Crippen molar-refractivity contribution in [3.8, 4) is 0 Å². The average Bonchev–Trinajstić information content (AvgIpc) is 2.39. The van der Waals surface area contributed by atoms with Crippen molar-refractivity contribution < 1.29 is 0 Å². The zero-order valence-electron chi connectivity index (χ0n) is 10.6. The summed E-state index contributed by atoms with van der Waals surface area (Å²) in [6.45, 7) is 8.44. The molecule has 0 bridgehead atoms. The molecule has 0 fully saturated rings. The summed E-state index contributed by atoms with van der Waals surface area (Å²) in [5, 5.41) is 1.18. The normalized spacial score (nSPS) is 11.8. The molecule has 2 heteroatoms. The number of rotatable bonds is 2. The number of hydrogen-bond acceptors (Lipinski definition) is 2. The third-order valence-electron chi connectivity index (χ3n) is 2.72. The highest BCUT2D eigenvalue weighted by Crippen LogP contribution is 2.25. The van der Waals surface area contributed by atoms with Crippen LogP contribution in [-0.4, -0.2) is 9.97 Å². The molecule has 0 aromatic carbocycles. The average molecular weight is 216 g/mol. The number of pyridine rings is 2. The second-order valence-corrected chi connectivity index (χ2v) is 3.60. The van der Waals surface area contributed by atoms with Gasteiger partial charge in [0.15, 0.2) is 0 Å². The molecule has 2 heterocycles. The predicted octanol–water partition coefficient (Wildman–Crippen LogP) is 4.17. The second-order valence-electron chi connectivity index (χ2n) is 3.60. The van der Waals surface area contributed by atoms with E-state index >= 15 is 0 Å². The first kappa shape index (κ1) is 12.6. The number of fused-ring (bicyclic) bond motifs is 1. The molecule has 1 atom stereocenters. The van der Waals surface area contributed by atoms with E-state index in [4.69, 9.17) is 0 Å². The standard InChI is InChI=1S/C12H14N2.C2H6/c1-3-9(2)10-4-7-14-12-5-6-13-8-11(10)12;1-2/h4-9H,3H2,1-2H3;1-2H3. The van der Waals surface area contributed by atoms with Gasteiger partial charge >= 0.3 is 0 Å². The van der Waals surface area contributed by atoms with Crippen LogP contribution in [0.4, 0.5) is 0 Å². The van der Waals surface area contributed by atoms with Crippen LogP contribution in [-0.2, 0) is 0 Å². The fourth-order valence-corrected chi connectivity index (χ4v) is 1.66. The SMILES string of the molecule is CC.CCC(C)c1ccnc2ccncc12. The molecule has 0 saturated carbocycles. The molecule has 0 aliphatic rings. The van der Waals surface area contributed by atoms with Crippen LogP contribution >= 0.6 is 0 Å². The molecule has 2 aromatic rings. The van der Waals surface area contributed by atoms with Crippen LogP contribution in [0.2, 0.25) is 0 Å². The van der Waals surface area contributed by atoms with Gasteiger partial charge in [0.25, 0.3) is 0 Å². The number of aromatic nitrogens is 2. The van der Waals surface area contributed by atoms with E-state index in [0.717, 1.165) is 11.9 Å². The molecule has 2 aromatic heterocycles. The summed E-state index contributed by atoms with van der Waals surface area (Å²) in [4.78, 5) is 8.47. The first-order valence-electron chi connectivity index (χ1n) is 6.01. The van der Waals surface area contributed by atoms with Crippen LogP contribution in [0, 0.1) is 0 Å². The highest BCUT2D eigenvalue weighted by atomic mass is 14.7. The Kier molecular flexibility index (Phi) is 4.90. The quantitative estimate of drug-likeness (QED) is 0.753. The lowest BCUT2D eigenvalue weighted by Gasteiger charge is -2.10. The Morgan fingerprint density at radius 2 is 1.94 bits per heavy atom. The Labute approximate surface area is 97.7 Å². The van der Waals surface area contributed by atoms with Crippen molar-refractivity contribution >= 4 is 10.9 Å². The van der Waals surface area contributed by atoms with Crippen molar-refractivity contribution in [1.29, 1.82) is 0 Å². The zero-order chi connectivity index (χ0) is 12.0. The van der Waals surface area contributed by atoms with E-state index in [2.05, 4.69) is 29.9 Å². The molecular formula is C14H20N2. The van der Waals surface area contributed by atoms with Crippen molar-refractivity contribution in [3.05, 3.63) is 36.3 Å². The van der Waals surface area contributed by atoms with Gasteiger partial charge in [-0.25, -0.2) is 0 Å². The predicted molar refractivity (Wildman–Crippen MR) is 69.6 cm³/mol. The second kappa shape index (κ2) is 6.21. The van der Waals surface area contributed by atoms with E-state index in [-0.39, 0.29) is 0 Å². The molecule has 1 unspecified atom stereocenters. The minimum atomic E-state index is 0.574. The molecule has 86 valence electrons. The van der Waals surface area contributed by atoms with E-state index in [9.17, 15) is 0 Å². The molecule has 0 aliphatic carbocycles. The summed E-state index contributed by atoms with van der Waals surface area (Å²) in [6.07, 6.45) is 6.72. The van der Waals surface area contributed by atoms with Gasteiger partial charge in [0.1, 0.15) is 0 Å². The molecular weight excluding hydrogens is 196 g/mol. The van der Waals surface area contributed by atoms with Crippen LogP contribution in [0.15, 0.2) is 30.7 Å². The molecule has 0 spiro atoms. The van der Waals surface area contributed by atoms with Gasteiger partial charge in [-0.2, -0.15) is 0 Å². The van der Waals surface area contributed by atoms with Crippen LogP contribution in [0.5, 0.6) is 0 Å². The fraction of sp³-hybridized carbons (Fsp3) is 0.429. The smallest absolute Gasteiger partial charge is 0.0735 e. The van der Waals surface area contributed by atoms with Gasteiger partial charge < -0.3 is 0 Å². The lowest BCUT2D eigenvalue weighted by molar-refractivity contribution is 0.738. The molecule has 0 N–H and O–H groups in total. The fourth-order valence-electron chi connectivity index (χ4n) is 1.66. The third-order valence-corrected chi connectivity index (χ3v) is 2.72. The van der Waals surface area contributed by atoms with E-state index < -0.39 is 0 Å². The molecule has 0 amide bonds. The maximum Gasteiger partial charge on any atom is 0.0735 e. The minimum Gasteiger partial charge on any atom is -0.264 e. The van der Waals surface area contributed by atoms with Gasteiger partial charge in [-0.05, 0) is 30.0 Å². The molecule has 2 rings (SSSR count). The van der Waals surface area contributed by atoms with Crippen LogP contribution < -0.4 is 0 Å². The first-order valence-corrected chi connectivity index (χ1v) is 6.01. The highest BCUT2D eigenvalue weighted by molar-refractivity contribution is 5.81. The molecule has 0 saturated heterocycles. The lowest BCUT2D eigenvalue weighted by atomic mass is 9.96. The van der Waals surface area contributed by atoms with Crippen molar-refractivity contribution in [3.63, 3.8) is 0 Å². The summed E-state index contributed by atoms with van der Waals surface area (Å²) in [5.41, 5.74) is 2.39. The van der Waals surface area contributed by atoms with Crippen molar-refractivity contribution in [2.75, 3.05) is 0 Å². The number of hydrogen-bond donors (Lipinski definition) is 0. The Hall–Kier alpha value is -1.44. The van der Waals surface area contributed by atoms with Crippen LogP contribution in [0.3, 0.4) is 0 Å². The minimum absolute atomic E-state index is 0.574. The summed E-state index contributed by atoms with van der Waals surface area (Å²) >= 11 is 0. The van der Waals surface area contributed by atoms with Crippen LogP contribution in [0.25, 0.3) is 10.9 Å². The van der Waals surface area contributed by atoms with Crippen LogP contribution in [0.1, 0.15) is 45.6 Å². The molecule has 2 nitrogen and oxygen atoms in total. The van der Waals surface area contributed by atoms with Crippen molar-refractivity contribution in [2.45, 2.75) is 40.0 Å². The Morgan fingerprint density at radius 3 is 2.62 bits per heavy atom. The summed E-state index contributed by atoms with van der Waals surface area (Å²) in [6, 6.07) is 4.05. The van der Waals surface area contributed by atoms with Gasteiger partial charge in [0, 0.05) is 24.0 Å². The van der Waals surface area contributed by atoms with Gasteiger partial charge in [-0.1, -0.05) is 27.7 Å². The van der Waals surface area contributed by atoms with Crippen molar-refractivity contribution in [2.24, 2.45) is 0 Å². The maximum absolute atomic E-state index is 4.32. The van der Waals surface area contributed by atoms with Crippen molar-refractivity contribution in [1.82, 2.24) is 9.97 Å². The summed E-state index contributed by atoms with van der Waals surface area (Å²) < 4.78 is 0. The zero-order valence-corrected chi connectivity index (χ0v) is 10.6. The Balaban J connectivity index is 0.000000606. The van der Waals surface area contributed by atoms with E-state index in [0.29, 0.717) is 5.92 Å². The van der Waals surface area contributed by atoms with Gasteiger partial charge in [-0.3, -0.25) is 9.97 Å². The van der Waals surface area contributed by atoms with Gasteiger partial charge in [0.05, 0.1) is 5.52 Å². The Bertz CT molecular complexity index is 432. The molecule has 16 heavy (non-hydrogen) atoms. The summed E-state index contributed by atoms with van der Waals surface area (Å²) in [5.74, 6) is 0.574. The number of nitrogens with zero attached hydrogens (tertiary/aromatic N) is 2. The monoisotopic (exact) mass is 216 g/mol. The molecule has 0 aliphatic heterocycles. The molecule has 0 radical (unpaired) electrons. The lowest BCUT2D eigenvalue weighted by Crippen LogP contribution is -1.94. The van der Waals surface area contributed by atoms with Gasteiger partial charge in [0.2, 0.25) is 0 Å². The first-order chi connectivity index (χ1) is 7.83.